The molecule has 3 heterocycles. The molecule has 0 bridgehead atoms. The van der Waals surface area contributed by atoms with Crippen molar-refractivity contribution in [3.05, 3.63) is 16.7 Å². The predicted molar refractivity (Wildman–Crippen MR) is 97.6 cm³/mol. The van der Waals surface area contributed by atoms with E-state index in [-0.39, 0.29) is 23.7 Å². The summed E-state index contributed by atoms with van der Waals surface area (Å²) >= 11 is 0. The molecule has 30 heavy (non-hydrogen) atoms. The first kappa shape index (κ1) is 21.2. The van der Waals surface area contributed by atoms with Gasteiger partial charge in [-0.3, -0.25) is 28.7 Å². The predicted octanol–water partition coefficient (Wildman–Crippen LogP) is -1.54. The highest BCUT2D eigenvalue weighted by molar-refractivity contribution is 5.68. The second-order valence-corrected chi connectivity index (χ2v) is 6.77. The van der Waals surface area contributed by atoms with Crippen LogP contribution in [0.5, 0.6) is 0 Å². The number of carbonyl (C=O) groups is 3. The molecular formula is C17H22N5O8+. The van der Waals surface area contributed by atoms with E-state index in [1.807, 2.05) is 0 Å². The van der Waals surface area contributed by atoms with Crippen LogP contribution < -0.4 is 15.9 Å². The Hall–Kier alpha value is -3.48. The lowest BCUT2D eigenvalue weighted by Gasteiger charge is -2.22. The molecule has 0 unspecified atom stereocenters. The zero-order valence-corrected chi connectivity index (χ0v) is 16.8. The number of hydrogen-bond acceptors (Lipinski definition) is 10. The number of anilines is 1. The molecule has 162 valence electrons. The number of fused-ring (bicyclic) bond motifs is 1. The first-order chi connectivity index (χ1) is 14.1. The number of nitrogens with zero attached hydrogens (tertiary/aromatic N) is 3. The molecule has 3 rings (SSSR count). The van der Waals surface area contributed by atoms with Gasteiger partial charge in [0.15, 0.2) is 18.5 Å². The number of carbonyl (C=O) groups excluding carboxylic acids is 3. The minimum absolute atomic E-state index is 0.123. The number of aromatic amines is 1. The third kappa shape index (κ3) is 4.10. The van der Waals surface area contributed by atoms with Crippen molar-refractivity contribution in [3.8, 4) is 0 Å². The highest BCUT2D eigenvalue weighted by Crippen LogP contribution is 2.32. The summed E-state index contributed by atoms with van der Waals surface area (Å²) in [6, 6.07) is 0. The van der Waals surface area contributed by atoms with Crippen molar-refractivity contribution >= 4 is 35.0 Å². The molecule has 1 fully saturated rings. The number of aromatic nitrogens is 4. The van der Waals surface area contributed by atoms with Crippen LogP contribution in [0.4, 0.5) is 5.95 Å². The number of ether oxygens (including phenoxy) is 4. The van der Waals surface area contributed by atoms with Crippen molar-refractivity contribution in [1.82, 2.24) is 14.5 Å². The SMILES string of the molecule is CC(=O)OC[C@H]1O[C@@H]([n+]2cn(C)c3c(=O)[nH]c(N)nc32)[C@H](OC(C)=O)[C@@H]1OC(C)=O. The first-order valence-electron chi connectivity index (χ1n) is 8.97. The summed E-state index contributed by atoms with van der Waals surface area (Å²) in [7, 11) is 1.61. The molecule has 2 aromatic heterocycles. The molecule has 0 spiro atoms. The molecule has 1 aliphatic rings. The van der Waals surface area contributed by atoms with Crippen molar-refractivity contribution in [1.29, 1.82) is 0 Å². The van der Waals surface area contributed by atoms with Crippen LogP contribution in [0.2, 0.25) is 0 Å². The smallest absolute Gasteiger partial charge is 0.313 e. The van der Waals surface area contributed by atoms with Crippen LogP contribution in [-0.4, -0.2) is 57.4 Å². The second kappa shape index (κ2) is 8.10. The van der Waals surface area contributed by atoms with E-state index in [2.05, 4.69) is 9.97 Å². The third-order valence-electron chi connectivity index (χ3n) is 4.40. The van der Waals surface area contributed by atoms with E-state index in [9.17, 15) is 19.2 Å². The first-order valence-corrected chi connectivity index (χ1v) is 8.97. The van der Waals surface area contributed by atoms with E-state index in [4.69, 9.17) is 24.7 Å². The number of nitrogen functional groups attached to an aromatic ring is 1. The van der Waals surface area contributed by atoms with Crippen molar-refractivity contribution in [2.75, 3.05) is 12.3 Å². The number of H-pyrrole nitrogens is 1. The normalized spacial score (nSPS) is 23.3. The number of aryl methyl sites for hydroxylation is 1. The van der Waals surface area contributed by atoms with Gasteiger partial charge in [0.25, 0.3) is 11.5 Å². The summed E-state index contributed by atoms with van der Waals surface area (Å²) in [4.78, 5) is 53.5. The number of nitrogens with two attached hydrogens (primary N) is 1. The van der Waals surface area contributed by atoms with E-state index >= 15 is 0 Å². The van der Waals surface area contributed by atoms with Gasteiger partial charge in [-0.1, -0.05) is 4.98 Å². The van der Waals surface area contributed by atoms with Crippen LogP contribution in [0.15, 0.2) is 11.1 Å². The lowest BCUT2D eigenvalue weighted by Crippen LogP contribution is -2.48. The van der Waals surface area contributed by atoms with Gasteiger partial charge in [0, 0.05) is 20.8 Å². The van der Waals surface area contributed by atoms with E-state index in [1.54, 1.807) is 7.05 Å². The van der Waals surface area contributed by atoms with Crippen LogP contribution in [0.3, 0.4) is 0 Å². The Morgan fingerprint density at radius 1 is 1.20 bits per heavy atom. The summed E-state index contributed by atoms with van der Waals surface area (Å²) in [6.07, 6.45) is -2.65. The van der Waals surface area contributed by atoms with Crippen molar-refractivity contribution in [2.45, 2.75) is 45.3 Å². The van der Waals surface area contributed by atoms with Crippen LogP contribution in [0.1, 0.15) is 27.0 Å². The average Bonchev–Trinajstić information content (AvgIpc) is 3.10. The largest absolute Gasteiger partial charge is 0.463 e. The molecule has 2 aromatic rings. The van der Waals surface area contributed by atoms with Gasteiger partial charge >= 0.3 is 23.6 Å². The molecule has 0 aromatic carbocycles. The number of imidazole rings is 1. The van der Waals surface area contributed by atoms with Gasteiger partial charge in [0.1, 0.15) is 12.7 Å². The maximum atomic E-state index is 12.3. The van der Waals surface area contributed by atoms with Gasteiger partial charge < -0.3 is 24.7 Å². The minimum Gasteiger partial charge on any atom is -0.463 e. The van der Waals surface area contributed by atoms with Gasteiger partial charge in [-0.05, 0) is 0 Å². The molecule has 0 saturated carbocycles. The van der Waals surface area contributed by atoms with Crippen LogP contribution >= 0.6 is 0 Å². The molecule has 0 radical (unpaired) electrons. The molecular weight excluding hydrogens is 402 g/mol. The zero-order valence-electron chi connectivity index (χ0n) is 16.8. The van der Waals surface area contributed by atoms with Gasteiger partial charge in [0.2, 0.25) is 11.7 Å². The molecule has 13 nitrogen and oxygen atoms in total. The van der Waals surface area contributed by atoms with E-state index in [0.717, 1.165) is 0 Å². The molecule has 0 aliphatic carbocycles. The fourth-order valence-corrected chi connectivity index (χ4v) is 3.37. The van der Waals surface area contributed by atoms with Crippen molar-refractivity contribution < 1.29 is 37.9 Å². The summed E-state index contributed by atoms with van der Waals surface area (Å²) in [5.41, 5.74) is 5.56. The Labute approximate surface area is 169 Å². The summed E-state index contributed by atoms with van der Waals surface area (Å²) in [5.74, 6) is -1.98. The zero-order chi connectivity index (χ0) is 22.2. The van der Waals surface area contributed by atoms with Gasteiger partial charge in [-0.2, -0.15) is 0 Å². The monoisotopic (exact) mass is 424 g/mol. The topological polar surface area (TPSA) is 169 Å². The summed E-state index contributed by atoms with van der Waals surface area (Å²) < 4.78 is 24.6. The third-order valence-corrected chi connectivity index (χ3v) is 4.40. The van der Waals surface area contributed by atoms with Crippen LogP contribution in [0.25, 0.3) is 11.2 Å². The maximum Gasteiger partial charge on any atom is 0.313 e. The minimum atomic E-state index is -1.11. The lowest BCUT2D eigenvalue weighted by atomic mass is 10.1. The molecule has 3 N–H and O–H groups in total. The highest BCUT2D eigenvalue weighted by atomic mass is 16.7. The van der Waals surface area contributed by atoms with Gasteiger partial charge in [-0.25, -0.2) is 4.57 Å². The lowest BCUT2D eigenvalue weighted by molar-refractivity contribution is -0.745. The average molecular weight is 424 g/mol. The van der Waals surface area contributed by atoms with Crippen LogP contribution in [-0.2, 0) is 40.4 Å². The summed E-state index contributed by atoms with van der Waals surface area (Å²) in [5, 5.41) is 0. The molecule has 1 saturated heterocycles. The van der Waals surface area contributed by atoms with E-state index in [0.29, 0.717) is 0 Å². The van der Waals surface area contributed by atoms with E-state index in [1.165, 1.54) is 36.2 Å². The Bertz CT molecular complexity index is 1060. The Morgan fingerprint density at radius 2 is 1.83 bits per heavy atom. The fourth-order valence-electron chi connectivity index (χ4n) is 3.37. The molecule has 1 aliphatic heterocycles. The quantitative estimate of drug-likeness (QED) is 0.326. The second-order valence-electron chi connectivity index (χ2n) is 6.77. The number of rotatable bonds is 5. The van der Waals surface area contributed by atoms with Crippen molar-refractivity contribution in [3.63, 3.8) is 0 Å². The highest BCUT2D eigenvalue weighted by Gasteiger charge is 2.53. The van der Waals surface area contributed by atoms with Crippen molar-refractivity contribution in [2.24, 2.45) is 7.05 Å². The molecule has 4 atom stereocenters. The van der Waals surface area contributed by atoms with Crippen LogP contribution in [0, 0.1) is 0 Å². The Morgan fingerprint density at radius 3 is 2.43 bits per heavy atom. The van der Waals surface area contributed by atoms with Gasteiger partial charge in [0.05, 0.1) is 7.05 Å². The molecule has 0 amide bonds. The van der Waals surface area contributed by atoms with E-state index < -0.39 is 48.0 Å². The Kier molecular flexibility index (Phi) is 5.73. The fraction of sp³-hybridized carbons (Fsp3) is 0.529. The number of esters is 3. The van der Waals surface area contributed by atoms with Gasteiger partial charge in [-0.15, -0.1) is 0 Å². The number of nitrogens with one attached hydrogen (secondary N) is 1. The maximum absolute atomic E-state index is 12.3. The molecule has 13 heteroatoms. The Balaban J connectivity index is 2.10. The summed E-state index contributed by atoms with van der Waals surface area (Å²) in [6.45, 7) is 3.35. The number of hydrogen-bond donors (Lipinski definition) is 2. The standard InChI is InChI=1S/C17H21N5O8/c1-7(23)27-5-10-12(28-8(2)24)13(29-9(3)25)16(30-10)22-6-21(4)11-14(22)19-17(18)20-15(11)26/h6,10,12-13,16H,5H2,1-4H3,(H2-,18,19,20,26)/p+1/t10-,12-,13-,16-/m1/s1.